The maximum atomic E-state index is 12.1. The maximum absolute atomic E-state index is 12.1. The van der Waals surface area contributed by atoms with E-state index in [1.54, 1.807) is 28.6 Å². The molecule has 0 amide bonds. The average molecular weight is 239 g/mol. The van der Waals surface area contributed by atoms with Crippen molar-refractivity contribution in [2.45, 2.75) is 31.2 Å². The van der Waals surface area contributed by atoms with E-state index in [2.05, 4.69) is 13.8 Å². The van der Waals surface area contributed by atoms with Gasteiger partial charge >= 0.3 is 0 Å². The smallest absolute Gasteiger partial charge is 0.207 e. The highest BCUT2D eigenvalue weighted by Crippen LogP contribution is 2.31. The van der Waals surface area contributed by atoms with Crippen LogP contribution in [0.25, 0.3) is 0 Å². The summed E-state index contributed by atoms with van der Waals surface area (Å²) < 4.78 is 25.8. The molecule has 2 rings (SSSR count). The van der Waals surface area contributed by atoms with E-state index in [-0.39, 0.29) is 6.04 Å². The van der Waals surface area contributed by atoms with Crippen molar-refractivity contribution in [3.8, 4) is 0 Å². The van der Waals surface area contributed by atoms with Gasteiger partial charge in [0.2, 0.25) is 10.0 Å². The lowest BCUT2D eigenvalue weighted by Crippen LogP contribution is -2.15. The molecule has 88 valence electrons. The van der Waals surface area contributed by atoms with Gasteiger partial charge in [0.25, 0.3) is 0 Å². The van der Waals surface area contributed by atoms with Crippen molar-refractivity contribution in [2.75, 3.05) is 6.54 Å². The van der Waals surface area contributed by atoms with Gasteiger partial charge in [-0.15, -0.1) is 0 Å². The molecular formula is C12H17NO2S. The van der Waals surface area contributed by atoms with Gasteiger partial charge < -0.3 is 0 Å². The average Bonchev–Trinajstić information content (AvgIpc) is 2.98. The van der Waals surface area contributed by atoms with Crippen LogP contribution in [0, 0.1) is 5.92 Å². The summed E-state index contributed by atoms with van der Waals surface area (Å²) in [5.74, 6) is 0.543. The van der Waals surface area contributed by atoms with Gasteiger partial charge in [-0.2, -0.15) is 4.31 Å². The van der Waals surface area contributed by atoms with Crippen molar-refractivity contribution in [1.82, 2.24) is 4.31 Å². The Bertz CT molecular complexity index is 453. The molecule has 0 saturated carbocycles. The van der Waals surface area contributed by atoms with Crippen molar-refractivity contribution in [3.05, 3.63) is 30.3 Å². The van der Waals surface area contributed by atoms with Crippen molar-refractivity contribution in [2.24, 2.45) is 5.92 Å². The number of hydrogen-bond donors (Lipinski definition) is 0. The summed E-state index contributed by atoms with van der Waals surface area (Å²) in [7, 11) is -3.23. The predicted molar refractivity (Wildman–Crippen MR) is 63.6 cm³/mol. The third-order valence-corrected chi connectivity index (χ3v) is 4.69. The van der Waals surface area contributed by atoms with Crippen LogP contribution in [0.15, 0.2) is 35.2 Å². The van der Waals surface area contributed by atoms with Crippen molar-refractivity contribution in [3.63, 3.8) is 0 Å². The Morgan fingerprint density at radius 3 is 2.50 bits per heavy atom. The third-order valence-electron chi connectivity index (χ3n) is 2.76. The van der Waals surface area contributed by atoms with Crippen LogP contribution >= 0.6 is 0 Å². The Morgan fingerprint density at radius 2 is 1.94 bits per heavy atom. The summed E-state index contributed by atoms with van der Waals surface area (Å²) in [5.41, 5.74) is 0. The first-order chi connectivity index (χ1) is 7.51. The summed E-state index contributed by atoms with van der Waals surface area (Å²) in [5, 5.41) is 0. The Labute approximate surface area is 97.1 Å². The fourth-order valence-electron chi connectivity index (χ4n) is 1.92. The van der Waals surface area contributed by atoms with Gasteiger partial charge in [0.15, 0.2) is 0 Å². The SMILES string of the molecule is CC(C)C[C@H]1CN1S(=O)(=O)c1ccccc1. The van der Waals surface area contributed by atoms with Crippen LogP contribution in [0.1, 0.15) is 20.3 Å². The second-order valence-electron chi connectivity index (χ2n) is 4.67. The van der Waals surface area contributed by atoms with Gasteiger partial charge in [0.05, 0.1) is 4.90 Å². The van der Waals surface area contributed by atoms with Crippen LogP contribution in [0.4, 0.5) is 0 Å². The van der Waals surface area contributed by atoms with Gasteiger partial charge in [0, 0.05) is 12.6 Å². The molecular weight excluding hydrogens is 222 g/mol. The van der Waals surface area contributed by atoms with E-state index in [9.17, 15) is 8.42 Å². The van der Waals surface area contributed by atoms with E-state index in [0.717, 1.165) is 6.42 Å². The van der Waals surface area contributed by atoms with E-state index in [0.29, 0.717) is 17.4 Å². The quantitative estimate of drug-likeness (QED) is 0.755. The highest BCUT2D eigenvalue weighted by Gasteiger charge is 2.44. The first-order valence-corrected chi connectivity index (χ1v) is 7.02. The van der Waals surface area contributed by atoms with E-state index >= 15 is 0 Å². The van der Waals surface area contributed by atoms with Crippen molar-refractivity contribution < 1.29 is 8.42 Å². The molecule has 1 heterocycles. The van der Waals surface area contributed by atoms with E-state index in [1.807, 2.05) is 6.07 Å². The van der Waals surface area contributed by atoms with Crippen LogP contribution in [0.2, 0.25) is 0 Å². The van der Waals surface area contributed by atoms with Gasteiger partial charge in [0.1, 0.15) is 0 Å². The normalized spacial score (nSPS) is 24.7. The minimum atomic E-state index is -3.23. The summed E-state index contributed by atoms with van der Waals surface area (Å²) in [6.45, 7) is 4.91. The van der Waals surface area contributed by atoms with Crippen LogP contribution in [0.3, 0.4) is 0 Å². The van der Waals surface area contributed by atoms with Crippen molar-refractivity contribution in [1.29, 1.82) is 0 Å². The molecule has 1 unspecified atom stereocenters. The molecule has 4 heteroatoms. The second-order valence-corrected chi connectivity index (χ2v) is 6.56. The molecule has 1 saturated heterocycles. The van der Waals surface area contributed by atoms with Crippen molar-refractivity contribution >= 4 is 10.0 Å². The molecule has 0 N–H and O–H groups in total. The molecule has 1 aromatic rings. The molecule has 1 aromatic carbocycles. The van der Waals surface area contributed by atoms with E-state index < -0.39 is 10.0 Å². The molecule has 1 aliphatic heterocycles. The maximum Gasteiger partial charge on any atom is 0.243 e. The fraction of sp³-hybridized carbons (Fsp3) is 0.500. The fourth-order valence-corrected chi connectivity index (χ4v) is 3.54. The minimum absolute atomic E-state index is 0.213. The summed E-state index contributed by atoms with van der Waals surface area (Å²) >= 11 is 0. The first-order valence-electron chi connectivity index (χ1n) is 5.58. The Balaban J connectivity index is 2.12. The topological polar surface area (TPSA) is 37.1 Å². The molecule has 2 atom stereocenters. The summed E-state index contributed by atoms with van der Waals surface area (Å²) in [6.07, 6.45) is 0.950. The molecule has 3 nitrogen and oxygen atoms in total. The summed E-state index contributed by atoms with van der Waals surface area (Å²) in [4.78, 5) is 0.404. The lowest BCUT2D eigenvalue weighted by molar-refractivity contribution is 0.516. The predicted octanol–water partition coefficient (Wildman–Crippen LogP) is 2.11. The van der Waals surface area contributed by atoms with E-state index in [1.165, 1.54) is 0 Å². The zero-order chi connectivity index (χ0) is 11.8. The standard InChI is InChI=1S/C12H17NO2S/c1-10(2)8-11-9-13(11)16(14,15)12-6-4-3-5-7-12/h3-7,10-11H,8-9H2,1-2H3/t11-,13?/m0/s1. The van der Waals surface area contributed by atoms with Gasteiger partial charge in [-0.1, -0.05) is 32.0 Å². The number of sulfonamides is 1. The second kappa shape index (κ2) is 4.18. The molecule has 0 bridgehead atoms. The monoisotopic (exact) mass is 239 g/mol. The molecule has 0 aliphatic carbocycles. The molecule has 1 fully saturated rings. The summed E-state index contributed by atoms with van der Waals surface area (Å²) in [6, 6.07) is 8.86. The lowest BCUT2D eigenvalue weighted by atomic mass is 10.1. The van der Waals surface area contributed by atoms with Crippen LogP contribution in [-0.4, -0.2) is 25.3 Å². The Kier molecular flexibility index (Phi) is 3.04. The number of nitrogens with zero attached hydrogens (tertiary/aromatic N) is 1. The van der Waals surface area contributed by atoms with Gasteiger partial charge in [-0.05, 0) is 24.5 Å². The molecule has 0 radical (unpaired) electrons. The third kappa shape index (κ3) is 2.28. The highest BCUT2D eigenvalue weighted by atomic mass is 32.2. The first kappa shape index (κ1) is 11.6. The van der Waals surface area contributed by atoms with E-state index in [4.69, 9.17) is 0 Å². The number of hydrogen-bond acceptors (Lipinski definition) is 2. The molecule has 1 aliphatic rings. The van der Waals surface area contributed by atoms with Gasteiger partial charge in [-0.3, -0.25) is 0 Å². The highest BCUT2D eigenvalue weighted by molar-refractivity contribution is 7.89. The zero-order valence-corrected chi connectivity index (χ0v) is 10.4. The molecule has 0 spiro atoms. The molecule has 16 heavy (non-hydrogen) atoms. The zero-order valence-electron chi connectivity index (χ0n) is 9.63. The number of benzene rings is 1. The Hall–Kier alpha value is -0.870. The van der Waals surface area contributed by atoms with Crippen LogP contribution < -0.4 is 0 Å². The number of rotatable bonds is 4. The van der Waals surface area contributed by atoms with Crippen LogP contribution in [-0.2, 0) is 10.0 Å². The molecule has 0 aromatic heterocycles. The largest absolute Gasteiger partial charge is 0.243 e. The van der Waals surface area contributed by atoms with Gasteiger partial charge in [-0.25, -0.2) is 8.42 Å². The minimum Gasteiger partial charge on any atom is -0.207 e. The Morgan fingerprint density at radius 1 is 1.31 bits per heavy atom. The lowest BCUT2D eigenvalue weighted by Gasteiger charge is -2.07. The van der Waals surface area contributed by atoms with Crippen LogP contribution in [0.5, 0.6) is 0 Å².